The van der Waals surface area contributed by atoms with E-state index in [0.717, 1.165) is 55.2 Å². The van der Waals surface area contributed by atoms with E-state index in [2.05, 4.69) is 13.8 Å². The minimum atomic E-state index is -4.77. The topological polar surface area (TPSA) is 0 Å². The molecule has 2 aromatic carbocycles. The molecule has 5 heteroatoms. The van der Waals surface area contributed by atoms with Gasteiger partial charge in [0.15, 0.2) is 0 Å². The Labute approximate surface area is 175 Å². The highest BCUT2D eigenvalue weighted by Gasteiger charge is 2.34. The van der Waals surface area contributed by atoms with Crippen molar-refractivity contribution >= 4 is 0 Å². The third-order valence-electron chi connectivity index (χ3n) is 6.66. The van der Waals surface area contributed by atoms with E-state index >= 15 is 0 Å². The van der Waals surface area contributed by atoms with Gasteiger partial charge < -0.3 is 0 Å². The van der Waals surface area contributed by atoms with Gasteiger partial charge in [-0.3, -0.25) is 0 Å². The second kappa shape index (κ2) is 9.49. The van der Waals surface area contributed by atoms with Crippen LogP contribution in [0, 0.1) is 23.5 Å². The zero-order valence-corrected chi connectivity index (χ0v) is 17.5. The molecule has 0 amide bonds. The lowest BCUT2D eigenvalue weighted by atomic mass is 9.76. The predicted molar refractivity (Wildman–Crippen MR) is 110 cm³/mol. The van der Waals surface area contributed by atoms with E-state index in [9.17, 15) is 22.0 Å². The van der Waals surface area contributed by atoms with Gasteiger partial charge in [0.1, 0.15) is 11.6 Å². The fourth-order valence-electron chi connectivity index (χ4n) is 4.44. The monoisotopic (exact) mass is 424 g/mol. The lowest BCUT2D eigenvalue weighted by Crippen LogP contribution is -2.14. The summed E-state index contributed by atoms with van der Waals surface area (Å²) in [7, 11) is 0. The number of alkyl halides is 3. The summed E-state index contributed by atoms with van der Waals surface area (Å²) in [5.41, 5.74) is -0.190. The molecular formula is C25H29F5. The molecule has 0 bridgehead atoms. The highest BCUT2D eigenvalue weighted by atomic mass is 19.4. The molecule has 164 valence electrons. The first-order valence-electron chi connectivity index (χ1n) is 10.9. The lowest BCUT2D eigenvalue weighted by Gasteiger charge is -2.29. The molecule has 0 saturated heterocycles. The second-order valence-electron chi connectivity index (χ2n) is 8.74. The molecule has 1 atom stereocenters. The molecule has 0 aliphatic heterocycles. The smallest absolute Gasteiger partial charge is 0.206 e. The predicted octanol–water partition coefficient (Wildman–Crippen LogP) is 8.75. The van der Waals surface area contributed by atoms with Crippen molar-refractivity contribution in [2.24, 2.45) is 11.8 Å². The van der Waals surface area contributed by atoms with Gasteiger partial charge in [-0.1, -0.05) is 51.3 Å². The van der Waals surface area contributed by atoms with Crippen molar-refractivity contribution in [3.63, 3.8) is 0 Å². The van der Waals surface area contributed by atoms with Gasteiger partial charge in [-0.25, -0.2) is 8.78 Å². The maximum absolute atomic E-state index is 14.7. The van der Waals surface area contributed by atoms with Crippen LogP contribution in [0.15, 0.2) is 36.4 Å². The van der Waals surface area contributed by atoms with E-state index in [4.69, 9.17) is 0 Å². The number of halogens is 5. The summed E-state index contributed by atoms with van der Waals surface area (Å²) >= 11 is 0. The molecule has 1 saturated carbocycles. The molecule has 0 radical (unpaired) electrons. The van der Waals surface area contributed by atoms with E-state index in [0.29, 0.717) is 12.0 Å². The maximum atomic E-state index is 14.7. The number of rotatable bonds is 6. The van der Waals surface area contributed by atoms with Gasteiger partial charge in [-0.15, -0.1) is 0 Å². The van der Waals surface area contributed by atoms with Gasteiger partial charge in [0.2, 0.25) is 0 Å². The molecule has 1 unspecified atom stereocenters. The molecule has 1 fully saturated rings. The van der Waals surface area contributed by atoms with Gasteiger partial charge in [0.25, 0.3) is 0 Å². The lowest BCUT2D eigenvalue weighted by molar-refractivity contribution is -0.139. The Hall–Kier alpha value is -1.91. The van der Waals surface area contributed by atoms with Crippen LogP contribution in [0.5, 0.6) is 0 Å². The molecule has 0 nitrogen and oxygen atoms in total. The summed E-state index contributed by atoms with van der Waals surface area (Å²) in [4.78, 5) is 0. The highest BCUT2D eigenvalue weighted by Crippen LogP contribution is 2.40. The minimum absolute atomic E-state index is 0.110. The first kappa shape index (κ1) is 22.8. The number of hydrogen-bond donors (Lipinski definition) is 0. The Morgan fingerprint density at radius 1 is 0.933 bits per heavy atom. The van der Waals surface area contributed by atoms with Crippen LogP contribution in [0.25, 0.3) is 11.1 Å². The third kappa shape index (κ3) is 5.41. The molecule has 1 aliphatic rings. The zero-order valence-electron chi connectivity index (χ0n) is 17.5. The normalized spacial score (nSPS) is 20.9. The van der Waals surface area contributed by atoms with Crippen molar-refractivity contribution in [1.29, 1.82) is 0 Å². The molecule has 2 aromatic rings. The van der Waals surface area contributed by atoms with Crippen LogP contribution in [-0.2, 0) is 6.18 Å². The molecular weight excluding hydrogens is 395 g/mol. The van der Waals surface area contributed by atoms with E-state index in [1.54, 1.807) is 6.07 Å². The van der Waals surface area contributed by atoms with E-state index in [1.807, 2.05) is 6.07 Å². The van der Waals surface area contributed by atoms with Crippen LogP contribution >= 0.6 is 0 Å². The minimum Gasteiger partial charge on any atom is -0.206 e. The summed E-state index contributed by atoms with van der Waals surface area (Å²) in [5.74, 6) is -0.101. The van der Waals surface area contributed by atoms with Crippen molar-refractivity contribution in [3.8, 4) is 11.1 Å². The Kier molecular flexibility index (Phi) is 7.20. The van der Waals surface area contributed by atoms with Crippen molar-refractivity contribution in [2.45, 2.75) is 70.9 Å². The summed E-state index contributed by atoms with van der Waals surface area (Å²) in [6.45, 7) is 4.51. The Bertz CT molecular complexity index is 847. The Morgan fingerprint density at radius 3 is 2.20 bits per heavy atom. The molecule has 1 aliphatic carbocycles. The quantitative estimate of drug-likeness (QED) is 0.407. The van der Waals surface area contributed by atoms with Crippen LogP contribution in [0.3, 0.4) is 0 Å². The fraction of sp³-hybridized carbons (Fsp3) is 0.520. The van der Waals surface area contributed by atoms with E-state index in [-0.39, 0.29) is 11.1 Å². The van der Waals surface area contributed by atoms with Gasteiger partial charge in [0.05, 0.1) is 5.56 Å². The maximum Gasteiger partial charge on any atom is 0.419 e. The van der Waals surface area contributed by atoms with E-state index < -0.39 is 23.4 Å². The van der Waals surface area contributed by atoms with Crippen molar-refractivity contribution < 1.29 is 22.0 Å². The number of benzene rings is 2. The SMILES string of the molecule is CCC(C)CCC1CCC(c2ccc(-c3ccc(C(F)(F)F)c(F)c3)c(F)c2)CC1. The average Bonchev–Trinajstić information content (AvgIpc) is 2.71. The van der Waals surface area contributed by atoms with Crippen molar-refractivity contribution in [3.05, 3.63) is 59.2 Å². The molecule has 0 spiro atoms. The first-order valence-corrected chi connectivity index (χ1v) is 10.9. The van der Waals surface area contributed by atoms with Crippen LogP contribution in [0.1, 0.15) is 75.8 Å². The third-order valence-corrected chi connectivity index (χ3v) is 6.66. The zero-order chi connectivity index (χ0) is 21.9. The van der Waals surface area contributed by atoms with Crippen molar-refractivity contribution in [1.82, 2.24) is 0 Å². The Balaban J connectivity index is 1.67. The van der Waals surface area contributed by atoms with Crippen LogP contribution in [0.2, 0.25) is 0 Å². The van der Waals surface area contributed by atoms with Gasteiger partial charge in [-0.2, -0.15) is 13.2 Å². The standard InChI is InChI=1S/C25H29F5/c1-3-16(2)4-5-17-6-8-18(9-7-17)19-10-12-21(23(26)14-19)20-11-13-22(24(27)15-20)25(28,29)30/h10-18H,3-9H2,1-2H3. The first-order chi connectivity index (χ1) is 14.2. The molecule has 0 N–H and O–H groups in total. The summed E-state index contributed by atoms with van der Waals surface area (Å²) in [6, 6.07) is 7.39. The van der Waals surface area contributed by atoms with E-state index in [1.165, 1.54) is 25.3 Å². The van der Waals surface area contributed by atoms with Gasteiger partial charge in [0, 0.05) is 5.56 Å². The molecule has 0 aromatic heterocycles. The van der Waals surface area contributed by atoms with Crippen LogP contribution in [-0.4, -0.2) is 0 Å². The highest BCUT2D eigenvalue weighted by molar-refractivity contribution is 5.65. The average molecular weight is 424 g/mol. The largest absolute Gasteiger partial charge is 0.419 e. The van der Waals surface area contributed by atoms with Gasteiger partial charge in [-0.05, 0) is 72.8 Å². The number of hydrogen-bond acceptors (Lipinski definition) is 0. The summed E-state index contributed by atoms with van der Waals surface area (Å²) < 4.78 is 66.8. The fourth-order valence-corrected chi connectivity index (χ4v) is 4.44. The molecule has 30 heavy (non-hydrogen) atoms. The van der Waals surface area contributed by atoms with Crippen LogP contribution < -0.4 is 0 Å². The van der Waals surface area contributed by atoms with Crippen LogP contribution in [0.4, 0.5) is 22.0 Å². The molecule has 0 heterocycles. The second-order valence-corrected chi connectivity index (χ2v) is 8.74. The molecule has 3 rings (SSSR count). The summed E-state index contributed by atoms with van der Waals surface area (Å²) in [6.07, 6.45) is 3.32. The summed E-state index contributed by atoms with van der Waals surface area (Å²) in [5, 5.41) is 0. The van der Waals surface area contributed by atoms with Gasteiger partial charge >= 0.3 is 6.18 Å². The van der Waals surface area contributed by atoms with Crippen molar-refractivity contribution in [2.75, 3.05) is 0 Å². The Morgan fingerprint density at radius 2 is 1.63 bits per heavy atom.